The summed E-state index contributed by atoms with van der Waals surface area (Å²) in [6.07, 6.45) is 3.49. The van der Waals surface area contributed by atoms with E-state index >= 15 is 0 Å². The van der Waals surface area contributed by atoms with Gasteiger partial charge in [0.15, 0.2) is 0 Å². The third kappa shape index (κ3) is 3.17. The van der Waals surface area contributed by atoms with Crippen molar-refractivity contribution in [3.63, 3.8) is 0 Å². The molecule has 4 nitrogen and oxygen atoms in total. The third-order valence-corrected chi connectivity index (χ3v) is 4.16. The summed E-state index contributed by atoms with van der Waals surface area (Å²) in [7, 11) is 0. The number of nitrogens with zero attached hydrogens (tertiary/aromatic N) is 1. The standard InChI is InChI=1S/C15H18BrN3O/c1-3-20-12-7-11(8-18-9-12)15(19-17)13-6-4-5-10(2)14(13)16/h4-9,15,19H,3,17H2,1-2H3. The molecule has 0 amide bonds. The van der Waals surface area contributed by atoms with E-state index in [1.165, 1.54) is 0 Å². The van der Waals surface area contributed by atoms with Crippen molar-refractivity contribution in [1.82, 2.24) is 10.4 Å². The molecule has 2 rings (SSSR count). The van der Waals surface area contributed by atoms with Gasteiger partial charge >= 0.3 is 0 Å². The Morgan fingerprint density at radius 3 is 2.90 bits per heavy atom. The highest BCUT2D eigenvalue weighted by Gasteiger charge is 2.17. The van der Waals surface area contributed by atoms with Crippen LogP contribution in [0.3, 0.4) is 0 Å². The van der Waals surface area contributed by atoms with Crippen LogP contribution >= 0.6 is 15.9 Å². The van der Waals surface area contributed by atoms with E-state index < -0.39 is 0 Å². The first-order valence-electron chi connectivity index (χ1n) is 6.46. The Morgan fingerprint density at radius 1 is 1.40 bits per heavy atom. The van der Waals surface area contributed by atoms with Crippen LogP contribution in [0, 0.1) is 6.92 Å². The molecule has 20 heavy (non-hydrogen) atoms. The highest BCUT2D eigenvalue weighted by atomic mass is 79.9. The van der Waals surface area contributed by atoms with Crippen LogP contribution in [0.15, 0.2) is 41.1 Å². The van der Waals surface area contributed by atoms with Gasteiger partial charge < -0.3 is 4.74 Å². The van der Waals surface area contributed by atoms with Gasteiger partial charge in [-0.2, -0.15) is 0 Å². The van der Waals surface area contributed by atoms with Crippen LogP contribution in [0.1, 0.15) is 29.7 Å². The molecule has 0 radical (unpaired) electrons. The molecule has 5 heteroatoms. The van der Waals surface area contributed by atoms with Gasteiger partial charge in [-0.15, -0.1) is 0 Å². The summed E-state index contributed by atoms with van der Waals surface area (Å²) >= 11 is 3.62. The maximum Gasteiger partial charge on any atom is 0.137 e. The first-order chi connectivity index (χ1) is 9.67. The average molecular weight is 336 g/mol. The van der Waals surface area contributed by atoms with Crippen molar-refractivity contribution >= 4 is 15.9 Å². The molecule has 3 N–H and O–H groups in total. The monoisotopic (exact) mass is 335 g/mol. The molecule has 0 aliphatic rings. The van der Waals surface area contributed by atoms with Crippen LogP contribution in [-0.4, -0.2) is 11.6 Å². The number of ether oxygens (including phenoxy) is 1. The molecule has 0 saturated carbocycles. The summed E-state index contributed by atoms with van der Waals surface area (Å²) in [5, 5.41) is 0. The summed E-state index contributed by atoms with van der Waals surface area (Å²) < 4.78 is 6.53. The van der Waals surface area contributed by atoms with Crippen molar-refractivity contribution in [3.8, 4) is 5.75 Å². The molecular weight excluding hydrogens is 318 g/mol. The predicted octanol–water partition coefficient (Wildman–Crippen LogP) is 3.10. The number of halogens is 1. The van der Waals surface area contributed by atoms with Crippen LogP contribution < -0.4 is 16.0 Å². The number of aryl methyl sites for hydroxylation is 1. The summed E-state index contributed by atoms with van der Waals surface area (Å²) in [6, 6.07) is 7.91. The lowest BCUT2D eigenvalue weighted by Crippen LogP contribution is -2.29. The van der Waals surface area contributed by atoms with Crippen molar-refractivity contribution in [3.05, 3.63) is 57.8 Å². The summed E-state index contributed by atoms with van der Waals surface area (Å²) in [5.74, 6) is 6.48. The number of hydrogen-bond donors (Lipinski definition) is 2. The van der Waals surface area contributed by atoms with E-state index in [0.29, 0.717) is 6.61 Å². The minimum atomic E-state index is -0.141. The molecule has 0 aliphatic heterocycles. The van der Waals surface area contributed by atoms with Gasteiger partial charge in [0.2, 0.25) is 0 Å². The lowest BCUT2D eigenvalue weighted by Gasteiger charge is -2.19. The minimum absolute atomic E-state index is 0.141. The number of hydrazine groups is 1. The highest BCUT2D eigenvalue weighted by molar-refractivity contribution is 9.10. The lowest BCUT2D eigenvalue weighted by molar-refractivity contribution is 0.338. The van der Waals surface area contributed by atoms with Crippen LogP contribution in [0.25, 0.3) is 0 Å². The molecule has 2 aromatic rings. The van der Waals surface area contributed by atoms with Crippen LogP contribution in [0.5, 0.6) is 5.75 Å². The fraction of sp³-hybridized carbons (Fsp3) is 0.267. The fourth-order valence-electron chi connectivity index (χ4n) is 2.10. The highest BCUT2D eigenvalue weighted by Crippen LogP contribution is 2.31. The summed E-state index contributed by atoms with van der Waals surface area (Å²) in [6.45, 7) is 4.61. The zero-order chi connectivity index (χ0) is 14.5. The quantitative estimate of drug-likeness (QED) is 0.651. The molecule has 0 saturated heterocycles. The molecule has 1 atom stereocenters. The first-order valence-corrected chi connectivity index (χ1v) is 7.25. The van der Waals surface area contributed by atoms with Crippen LogP contribution in [-0.2, 0) is 0 Å². The van der Waals surface area contributed by atoms with Crippen molar-refractivity contribution in [2.24, 2.45) is 5.84 Å². The smallest absolute Gasteiger partial charge is 0.137 e. The van der Waals surface area contributed by atoms with Crippen molar-refractivity contribution in [2.45, 2.75) is 19.9 Å². The van der Waals surface area contributed by atoms with Gasteiger partial charge in [0.1, 0.15) is 5.75 Å². The Kier molecular flexibility index (Phi) is 5.11. The van der Waals surface area contributed by atoms with E-state index in [-0.39, 0.29) is 6.04 Å². The largest absolute Gasteiger partial charge is 0.492 e. The van der Waals surface area contributed by atoms with E-state index in [9.17, 15) is 0 Å². The Bertz CT molecular complexity index is 589. The molecule has 0 fully saturated rings. The zero-order valence-corrected chi connectivity index (χ0v) is 13.1. The molecule has 1 unspecified atom stereocenters. The van der Waals surface area contributed by atoms with E-state index in [2.05, 4.69) is 39.3 Å². The van der Waals surface area contributed by atoms with Crippen molar-refractivity contribution < 1.29 is 4.74 Å². The maximum absolute atomic E-state index is 5.74. The van der Waals surface area contributed by atoms with E-state index in [1.807, 2.05) is 25.1 Å². The molecule has 1 aromatic carbocycles. The Labute approximate surface area is 127 Å². The Morgan fingerprint density at radius 2 is 2.20 bits per heavy atom. The maximum atomic E-state index is 5.74. The van der Waals surface area contributed by atoms with Gasteiger partial charge in [-0.25, -0.2) is 5.43 Å². The van der Waals surface area contributed by atoms with Crippen LogP contribution in [0.4, 0.5) is 0 Å². The summed E-state index contributed by atoms with van der Waals surface area (Å²) in [5.41, 5.74) is 6.04. The SMILES string of the molecule is CCOc1cncc(C(NN)c2cccc(C)c2Br)c1. The van der Waals surface area contributed by atoms with Crippen molar-refractivity contribution in [1.29, 1.82) is 0 Å². The Balaban J connectivity index is 2.41. The Hall–Kier alpha value is -1.43. The van der Waals surface area contributed by atoms with Gasteiger partial charge in [0, 0.05) is 10.7 Å². The van der Waals surface area contributed by atoms with Gasteiger partial charge in [-0.3, -0.25) is 10.8 Å². The minimum Gasteiger partial charge on any atom is -0.492 e. The van der Waals surface area contributed by atoms with E-state index in [0.717, 1.165) is 26.9 Å². The molecule has 0 aliphatic carbocycles. The number of pyridine rings is 1. The second kappa shape index (κ2) is 6.83. The molecular formula is C15H18BrN3O. The van der Waals surface area contributed by atoms with Gasteiger partial charge in [0.25, 0.3) is 0 Å². The summed E-state index contributed by atoms with van der Waals surface area (Å²) in [4.78, 5) is 4.21. The van der Waals surface area contributed by atoms with Gasteiger partial charge in [0.05, 0.1) is 18.8 Å². The number of nitrogens with one attached hydrogen (secondary N) is 1. The second-order valence-corrected chi connectivity index (χ2v) is 5.26. The number of benzene rings is 1. The van der Waals surface area contributed by atoms with Crippen LogP contribution in [0.2, 0.25) is 0 Å². The molecule has 1 heterocycles. The average Bonchev–Trinajstić information content (AvgIpc) is 2.45. The number of nitrogens with two attached hydrogens (primary N) is 1. The van der Waals surface area contributed by atoms with E-state index in [1.54, 1.807) is 12.4 Å². The molecule has 1 aromatic heterocycles. The normalized spacial score (nSPS) is 12.2. The predicted molar refractivity (Wildman–Crippen MR) is 83.5 cm³/mol. The van der Waals surface area contributed by atoms with Gasteiger partial charge in [-0.1, -0.05) is 34.1 Å². The van der Waals surface area contributed by atoms with Gasteiger partial charge in [-0.05, 0) is 36.6 Å². The molecule has 0 bridgehead atoms. The number of rotatable bonds is 5. The first kappa shape index (κ1) is 15.0. The molecule has 106 valence electrons. The number of hydrogen-bond acceptors (Lipinski definition) is 4. The van der Waals surface area contributed by atoms with E-state index in [4.69, 9.17) is 10.6 Å². The van der Waals surface area contributed by atoms with Crippen molar-refractivity contribution in [2.75, 3.05) is 6.61 Å². The topological polar surface area (TPSA) is 60.2 Å². The zero-order valence-electron chi connectivity index (χ0n) is 11.6. The number of aromatic nitrogens is 1. The second-order valence-electron chi connectivity index (χ2n) is 4.46. The third-order valence-electron chi connectivity index (χ3n) is 3.08. The lowest BCUT2D eigenvalue weighted by atomic mass is 9.99. The molecule has 0 spiro atoms. The fourth-order valence-corrected chi connectivity index (χ4v) is 2.59.